The summed E-state index contributed by atoms with van der Waals surface area (Å²) < 4.78 is 39.1. The molecule has 2 aromatic carbocycles. The smallest absolute Gasteiger partial charge is 0.291 e. The predicted molar refractivity (Wildman–Crippen MR) is 215 cm³/mol. The Morgan fingerprint density at radius 3 is 2.27 bits per heavy atom. The topological polar surface area (TPSA) is 144 Å². The minimum atomic E-state index is -1.08. The van der Waals surface area contributed by atoms with E-state index >= 15 is 8.78 Å². The largest absolute Gasteiger partial charge is 0.383 e. The number of carbonyl (C=O) groups is 3. The maximum absolute atomic E-state index is 15.5. The van der Waals surface area contributed by atoms with Crippen molar-refractivity contribution in [3.63, 3.8) is 0 Å². The van der Waals surface area contributed by atoms with Crippen molar-refractivity contribution in [3.05, 3.63) is 76.5 Å². The zero-order valence-electron chi connectivity index (χ0n) is 32.5. The average Bonchev–Trinajstić information content (AvgIpc) is 3.78. The lowest BCUT2D eigenvalue weighted by Crippen LogP contribution is -2.53. The number of rotatable bonds is 12. The van der Waals surface area contributed by atoms with Crippen LogP contribution in [0.4, 0.5) is 14.5 Å². The Morgan fingerprint density at radius 2 is 1.61 bits per heavy atom. The highest BCUT2D eigenvalue weighted by molar-refractivity contribution is 7.97. The molecule has 2 fully saturated rings. The summed E-state index contributed by atoms with van der Waals surface area (Å²) in [6.45, 7) is 11.0. The van der Waals surface area contributed by atoms with Crippen LogP contribution in [0, 0.1) is 24.5 Å². The quantitative estimate of drug-likeness (QED) is 0.172. The molecule has 2 aliphatic heterocycles. The van der Waals surface area contributed by atoms with E-state index in [-0.39, 0.29) is 51.0 Å². The van der Waals surface area contributed by atoms with E-state index in [1.807, 2.05) is 18.7 Å². The van der Waals surface area contributed by atoms with Crippen LogP contribution in [0.2, 0.25) is 5.02 Å². The molecule has 2 saturated heterocycles. The number of benzene rings is 2. The van der Waals surface area contributed by atoms with Crippen LogP contribution in [-0.4, -0.2) is 117 Å². The molecule has 0 bridgehead atoms. The number of aromatic nitrogens is 4. The normalized spacial score (nSPS) is 15.1. The van der Waals surface area contributed by atoms with E-state index in [9.17, 15) is 14.4 Å². The fourth-order valence-electron chi connectivity index (χ4n) is 7.04. The van der Waals surface area contributed by atoms with Crippen LogP contribution in [0.3, 0.4) is 0 Å². The first-order chi connectivity index (χ1) is 27.0. The summed E-state index contributed by atoms with van der Waals surface area (Å²) in [4.78, 5) is 50.0. The monoisotopic (exact) mass is 813 g/mol. The Labute approximate surface area is 335 Å². The number of carbonyl (C=O) groups excluding carboxylic acids is 3. The highest BCUT2D eigenvalue weighted by Crippen LogP contribution is 2.33. The lowest BCUT2D eigenvalue weighted by Gasteiger charge is -2.38. The summed E-state index contributed by atoms with van der Waals surface area (Å²) in [5, 5.41) is 12.7. The minimum absolute atomic E-state index is 0.00207. The van der Waals surface area contributed by atoms with Crippen LogP contribution in [0.5, 0.6) is 0 Å². The van der Waals surface area contributed by atoms with Gasteiger partial charge in [-0.3, -0.25) is 24.2 Å². The second kappa shape index (κ2) is 19.7. The molecule has 0 atom stereocenters. The molecule has 56 heavy (non-hydrogen) atoms. The summed E-state index contributed by atoms with van der Waals surface area (Å²) in [6, 6.07) is 7.50. The molecule has 2 aromatic heterocycles. The number of imidazole rings is 1. The van der Waals surface area contributed by atoms with Crippen molar-refractivity contribution in [2.24, 2.45) is 18.1 Å². The van der Waals surface area contributed by atoms with Crippen molar-refractivity contribution in [1.29, 1.82) is 0 Å². The first kappa shape index (κ1) is 42.8. The van der Waals surface area contributed by atoms with E-state index < -0.39 is 17.5 Å². The molecule has 6 rings (SSSR count). The first-order valence-corrected chi connectivity index (χ1v) is 20.2. The van der Waals surface area contributed by atoms with Crippen LogP contribution in [0.15, 0.2) is 42.7 Å². The van der Waals surface area contributed by atoms with Gasteiger partial charge in [-0.15, -0.1) is 0 Å². The number of halogens is 3. The number of piperazine rings is 1. The number of ether oxygens (including phenoxy) is 1. The van der Waals surface area contributed by atoms with Gasteiger partial charge in [-0.05, 0) is 57.1 Å². The molecule has 0 unspecified atom stereocenters. The van der Waals surface area contributed by atoms with Gasteiger partial charge in [0.15, 0.2) is 17.5 Å². The lowest BCUT2D eigenvalue weighted by molar-refractivity contribution is -0.138. The summed E-state index contributed by atoms with van der Waals surface area (Å²) in [6.07, 6.45) is 4.44. The molecule has 302 valence electrons. The maximum Gasteiger partial charge on any atom is 0.291 e. The van der Waals surface area contributed by atoms with Gasteiger partial charge in [-0.1, -0.05) is 43.5 Å². The van der Waals surface area contributed by atoms with E-state index in [0.29, 0.717) is 56.3 Å². The van der Waals surface area contributed by atoms with Crippen molar-refractivity contribution >= 4 is 47.0 Å². The number of hydrogen-bond acceptors (Lipinski definition) is 9. The first-order valence-electron chi connectivity index (χ1n) is 18.8. The Morgan fingerprint density at radius 1 is 0.946 bits per heavy atom. The van der Waals surface area contributed by atoms with Gasteiger partial charge in [-0.25, -0.2) is 13.8 Å². The van der Waals surface area contributed by atoms with E-state index in [4.69, 9.17) is 21.5 Å². The standard InChI is InChI=1S/C37H44ClF2N9O4S.C2H6/c1-23-29(21-43-49(23)16-18-53-3)26-6-7-28(33(40)32(26)39)31-22-42-34(45(31)2)35(50)44-25-4-5-27(30(38)20-25)37(52)48-14-12-47(13-15-48)36(51)24-8-10-46(11-9-24)17-19-54-41;1-2/h4-7,20-22,24H,8-19,41H2,1-3H3,(H,44,50);1-2H3. The second-order valence-corrected chi connectivity index (χ2v) is 14.6. The van der Waals surface area contributed by atoms with Gasteiger partial charge in [0.05, 0.1) is 41.8 Å². The highest BCUT2D eigenvalue weighted by atomic mass is 35.5. The van der Waals surface area contributed by atoms with Gasteiger partial charge in [0.2, 0.25) is 5.91 Å². The molecule has 0 spiro atoms. The number of anilines is 1. The zero-order chi connectivity index (χ0) is 40.5. The van der Waals surface area contributed by atoms with Gasteiger partial charge < -0.3 is 29.3 Å². The molecule has 4 aromatic rings. The Hall–Kier alpha value is -4.35. The summed E-state index contributed by atoms with van der Waals surface area (Å²) in [5.41, 5.74) is 1.91. The van der Waals surface area contributed by atoms with Crippen LogP contribution in [0.1, 0.15) is 53.4 Å². The van der Waals surface area contributed by atoms with Crippen molar-refractivity contribution in [2.75, 3.05) is 70.6 Å². The van der Waals surface area contributed by atoms with Gasteiger partial charge >= 0.3 is 0 Å². The molecule has 3 amide bonds. The van der Waals surface area contributed by atoms with Gasteiger partial charge in [0.1, 0.15) is 0 Å². The average molecular weight is 814 g/mol. The Balaban J connectivity index is 0.00000295. The lowest BCUT2D eigenvalue weighted by atomic mass is 9.95. The Kier molecular flexibility index (Phi) is 15.0. The summed E-state index contributed by atoms with van der Waals surface area (Å²) >= 11 is 7.88. The van der Waals surface area contributed by atoms with Crippen molar-refractivity contribution in [3.8, 4) is 22.4 Å². The zero-order valence-corrected chi connectivity index (χ0v) is 34.1. The van der Waals surface area contributed by atoms with Crippen molar-refractivity contribution in [1.82, 2.24) is 34.0 Å². The highest BCUT2D eigenvalue weighted by Gasteiger charge is 2.32. The van der Waals surface area contributed by atoms with E-state index in [0.717, 1.165) is 38.2 Å². The number of nitrogens with one attached hydrogen (secondary N) is 1. The molecular formula is C39H50ClF2N9O4S. The number of piperidine rings is 1. The molecule has 0 aliphatic carbocycles. The third kappa shape index (κ3) is 9.43. The molecule has 3 N–H and O–H groups in total. The minimum Gasteiger partial charge on any atom is -0.383 e. The third-order valence-corrected chi connectivity index (χ3v) is 11.0. The van der Waals surface area contributed by atoms with Crippen LogP contribution in [0.25, 0.3) is 22.4 Å². The van der Waals surface area contributed by atoms with E-state index in [1.54, 1.807) is 35.7 Å². The fraction of sp³-hybridized carbons (Fsp3) is 0.462. The van der Waals surface area contributed by atoms with Gasteiger partial charge in [-0.2, -0.15) is 5.10 Å². The van der Waals surface area contributed by atoms with Crippen molar-refractivity contribution in [2.45, 2.75) is 40.2 Å². The van der Waals surface area contributed by atoms with Crippen molar-refractivity contribution < 1.29 is 27.9 Å². The molecule has 4 heterocycles. The van der Waals surface area contributed by atoms with E-state index in [1.165, 1.54) is 54.2 Å². The molecule has 0 radical (unpaired) electrons. The van der Waals surface area contributed by atoms with Gasteiger partial charge in [0.25, 0.3) is 11.8 Å². The number of hydrogen-bond donors (Lipinski definition) is 2. The Bertz CT molecular complexity index is 2010. The van der Waals surface area contributed by atoms with Crippen LogP contribution in [-0.2, 0) is 23.1 Å². The molecule has 0 saturated carbocycles. The second-order valence-electron chi connectivity index (χ2n) is 13.4. The number of methoxy groups -OCH3 is 1. The number of nitrogens with two attached hydrogens (primary N) is 1. The van der Waals surface area contributed by atoms with Crippen LogP contribution >= 0.6 is 23.5 Å². The predicted octanol–water partition coefficient (Wildman–Crippen LogP) is 5.72. The molecule has 13 nitrogen and oxygen atoms in total. The molecule has 2 aliphatic rings. The third-order valence-electron chi connectivity index (χ3n) is 10.2. The molecule has 17 heteroatoms. The van der Waals surface area contributed by atoms with E-state index in [2.05, 4.69) is 20.3 Å². The summed E-state index contributed by atoms with van der Waals surface area (Å²) in [5.74, 6) is -2.03. The number of amides is 3. The van der Waals surface area contributed by atoms with Crippen LogP contribution < -0.4 is 10.5 Å². The fourth-order valence-corrected chi connectivity index (χ4v) is 7.66. The summed E-state index contributed by atoms with van der Waals surface area (Å²) in [7, 11) is 3.10. The maximum atomic E-state index is 15.5. The molecular weight excluding hydrogens is 764 g/mol. The van der Waals surface area contributed by atoms with Gasteiger partial charge in [0, 0.05) is 86.6 Å². The SMILES string of the molecule is CC.COCCn1ncc(-c2ccc(-c3cnc(C(=O)Nc4ccc(C(=O)N5CCN(C(=O)C6CCN(CCSN)CC6)CC5)c(Cl)c4)n3C)c(F)c2F)c1C. The number of nitrogens with zero attached hydrogens (tertiary/aromatic N) is 7. The number of likely N-dealkylation sites (tertiary alicyclic amines) is 1.